The van der Waals surface area contributed by atoms with Crippen molar-refractivity contribution in [3.05, 3.63) is 0 Å². The van der Waals surface area contributed by atoms with Gasteiger partial charge in [-0.25, -0.2) is 0 Å². The van der Waals surface area contributed by atoms with Gasteiger partial charge in [0.15, 0.2) is 5.78 Å². The second kappa shape index (κ2) is 7.77. The third-order valence-electron chi connectivity index (χ3n) is 1.99. The third kappa shape index (κ3) is 7.50. The smallest absolute Gasteiger partial charge is 0.178 e. The van der Waals surface area contributed by atoms with E-state index in [1.54, 1.807) is 0 Å². The van der Waals surface area contributed by atoms with Crippen molar-refractivity contribution in [3.63, 3.8) is 0 Å². The Bertz CT molecular complexity index is 164. The zero-order valence-electron chi connectivity index (χ0n) is 8.17. The first-order valence-corrected chi connectivity index (χ1v) is 4.92. The van der Waals surface area contributed by atoms with Crippen molar-refractivity contribution < 1.29 is 14.7 Å². The molecule has 0 aromatic rings. The highest BCUT2D eigenvalue weighted by Gasteiger charge is 2.01. The molecule has 0 spiro atoms. The van der Waals surface area contributed by atoms with Crippen LogP contribution in [-0.2, 0) is 9.59 Å². The zero-order chi connectivity index (χ0) is 10.1. The SMILES string of the molecule is CCCCCCCCC(=O)C(=O)[O-]. The molecule has 0 fully saturated rings. The molecular weight excluding hydrogens is 168 g/mol. The van der Waals surface area contributed by atoms with Gasteiger partial charge in [-0.15, -0.1) is 0 Å². The Kier molecular flexibility index (Phi) is 7.26. The molecule has 0 atom stereocenters. The van der Waals surface area contributed by atoms with Gasteiger partial charge in [0.05, 0.1) is 0 Å². The lowest BCUT2D eigenvalue weighted by molar-refractivity contribution is -0.300. The van der Waals surface area contributed by atoms with Crippen molar-refractivity contribution in [2.75, 3.05) is 0 Å². The fraction of sp³-hybridized carbons (Fsp3) is 0.800. The molecule has 0 saturated carbocycles. The minimum absolute atomic E-state index is 0.133. The average molecular weight is 185 g/mol. The lowest BCUT2D eigenvalue weighted by Crippen LogP contribution is -2.31. The second-order valence-electron chi connectivity index (χ2n) is 3.23. The molecule has 0 heterocycles. The van der Waals surface area contributed by atoms with Crippen molar-refractivity contribution in [3.8, 4) is 0 Å². The zero-order valence-corrected chi connectivity index (χ0v) is 8.17. The predicted molar refractivity (Wildman–Crippen MR) is 48.0 cm³/mol. The number of hydrogen-bond acceptors (Lipinski definition) is 3. The molecule has 0 radical (unpaired) electrons. The number of carbonyl (C=O) groups excluding carboxylic acids is 2. The van der Waals surface area contributed by atoms with Crippen LogP contribution in [0.25, 0.3) is 0 Å². The van der Waals surface area contributed by atoms with Crippen molar-refractivity contribution >= 4 is 11.8 Å². The fourth-order valence-electron chi connectivity index (χ4n) is 1.17. The van der Waals surface area contributed by atoms with Gasteiger partial charge >= 0.3 is 0 Å². The van der Waals surface area contributed by atoms with Crippen LogP contribution in [0.15, 0.2) is 0 Å². The normalized spacial score (nSPS) is 9.92. The molecule has 0 aromatic heterocycles. The number of ketones is 1. The summed E-state index contributed by atoms with van der Waals surface area (Å²) in [6.45, 7) is 2.14. The summed E-state index contributed by atoms with van der Waals surface area (Å²) in [5, 5.41) is 10.0. The summed E-state index contributed by atoms with van der Waals surface area (Å²) in [5.74, 6) is -2.32. The number of carboxylic acid groups (broad SMARTS) is 1. The Balaban J connectivity index is 3.16. The number of Topliss-reactive ketones (excluding diaryl/α,β-unsaturated/α-hetero) is 1. The van der Waals surface area contributed by atoms with Gasteiger partial charge in [0.1, 0.15) is 5.97 Å². The number of carbonyl (C=O) groups is 2. The Morgan fingerprint density at radius 1 is 1.00 bits per heavy atom. The Labute approximate surface area is 79.1 Å². The maximum atomic E-state index is 10.6. The Morgan fingerprint density at radius 3 is 2.08 bits per heavy atom. The number of aliphatic carboxylic acids is 1. The molecule has 0 saturated heterocycles. The number of hydrogen-bond donors (Lipinski definition) is 0. The molecule has 0 amide bonds. The van der Waals surface area contributed by atoms with Gasteiger partial charge in [-0.3, -0.25) is 4.79 Å². The molecule has 13 heavy (non-hydrogen) atoms. The topological polar surface area (TPSA) is 57.2 Å². The standard InChI is InChI=1S/C10H18O3/c1-2-3-4-5-6-7-8-9(11)10(12)13/h2-8H2,1H3,(H,12,13)/p-1. The highest BCUT2D eigenvalue weighted by molar-refractivity contribution is 6.31. The van der Waals surface area contributed by atoms with E-state index in [9.17, 15) is 14.7 Å². The largest absolute Gasteiger partial charge is 0.542 e. The van der Waals surface area contributed by atoms with Crippen LogP contribution in [0, 0.1) is 0 Å². The van der Waals surface area contributed by atoms with Crippen LogP contribution in [0.2, 0.25) is 0 Å². The molecule has 0 aromatic carbocycles. The summed E-state index contributed by atoms with van der Waals surface area (Å²) in [4.78, 5) is 20.6. The summed E-state index contributed by atoms with van der Waals surface area (Å²) in [6, 6.07) is 0. The van der Waals surface area contributed by atoms with Crippen molar-refractivity contribution in [2.45, 2.75) is 51.9 Å². The van der Waals surface area contributed by atoms with Crippen LogP contribution in [0.5, 0.6) is 0 Å². The van der Waals surface area contributed by atoms with E-state index in [0.29, 0.717) is 6.42 Å². The van der Waals surface area contributed by atoms with Crippen molar-refractivity contribution in [2.24, 2.45) is 0 Å². The Morgan fingerprint density at radius 2 is 1.54 bits per heavy atom. The van der Waals surface area contributed by atoms with Gasteiger partial charge in [-0.05, 0) is 6.42 Å². The number of rotatable bonds is 8. The lowest BCUT2D eigenvalue weighted by atomic mass is 10.1. The first-order chi connectivity index (χ1) is 6.18. The molecule has 0 bridgehead atoms. The van der Waals surface area contributed by atoms with E-state index in [1.165, 1.54) is 19.3 Å². The molecule has 0 aliphatic carbocycles. The molecule has 0 aliphatic rings. The maximum Gasteiger partial charge on any atom is 0.178 e. The monoisotopic (exact) mass is 185 g/mol. The summed E-state index contributed by atoms with van der Waals surface area (Å²) in [7, 11) is 0. The first-order valence-electron chi connectivity index (χ1n) is 4.92. The second-order valence-corrected chi connectivity index (χ2v) is 3.23. The quantitative estimate of drug-likeness (QED) is 0.419. The summed E-state index contributed by atoms with van der Waals surface area (Å²) in [5.41, 5.74) is 0. The fourth-order valence-corrected chi connectivity index (χ4v) is 1.17. The Hall–Kier alpha value is -0.860. The molecule has 0 aliphatic heterocycles. The molecular formula is C10H17O3-. The van der Waals surface area contributed by atoms with Gasteiger partial charge in [-0.2, -0.15) is 0 Å². The minimum Gasteiger partial charge on any atom is -0.542 e. The maximum absolute atomic E-state index is 10.6. The van der Waals surface area contributed by atoms with Gasteiger partial charge in [0.2, 0.25) is 0 Å². The summed E-state index contributed by atoms with van der Waals surface area (Å²) < 4.78 is 0. The molecule has 0 unspecified atom stereocenters. The van der Waals surface area contributed by atoms with E-state index in [4.69, 9.17) is 0 Å². The predicted octanol–water partition coefficient (Wildman–Crippen LogP) is 1.06. The van der Waals surface area contributed by atoms with Crippen LogP contribution in [0.1, 0.15) is 51.9 Å². The van der Waals surface area contributed by atoms with Gasteiger partial charge < -0.3 is 9.90 Å². The third-order valence-corrected chi connectivity index (χ3v) is 1.99. The molecule has 0 N–H and O–H groups in total. The van der Waals surface area contributed by atoms with Crippen LogP contribution >= 0.6 is 0 Å². The summed E-state index contributed by atoms with van der Waals surface area (Å²) in [6.07, 6.45) is 6.43. The van der Waals surface area contributed by atoms with Crippen LogP contribution in [-0.4, -0.2) is 11.8 Å². The average Bonchev–Trinajstić information content (AvgIpc) is 2.10. The molecule has 3 heteroatoms. The highest BCUT2D eigenvalue weighted by atomic mass is 16.4. The van der Waals surface area contributed by atoms with E-state index >= 15 is 0 Å². The lowest BCUT2D eigenvalue weighted by Gasteiger charge is -2.01. The molecule has 0 rings (SSSR count). The molecule has 3 nitrogen and oxygen atoms in total. The van der Waals surface area contributed by atoms with E-state index < -0.39 is 11.8 Å². The van der Waals surface area contributed by atoms with Gasteiger partial charge in [0.25, 0.3) is 0 Å². The van der Waals surface area contributed by atoms with E-state index in [-0.39, 0.29) is 6.42 Å². The van der Waals surface area contributed by atoms with Gasteiger partial charge in [0, 0.05) is 6.42 Å². The van der Waals surface area contributed by atoms with Crippen molar-refractivity contribution in [1.82, 2.24) is 0 Å². The van der Waals surface area contributed by atoms with Crippen LogP contribution in [0.3, 0.4) is 0 Å². The summed E-state index contributed by atoms with van der Waals surface area (Å²) >= 11 is 0. The van der Waals surface area contributed by atoms with Crippen LogP contribution < -0.4 is 5.11 Å². The van der Waals surface area contributed by atoms with E-state index in [0.717, 1.165) is 12.8 Å². The highest BCUT2D eigenvalue weighted by Crippen LogP contribution is 2.06. The minimum atomic E-state index is -1.55. The molecule has 76 valence electrons. The number of carboxylic acids is 1. The first kappa shape index (κ1) is 12.1. The number of unbranched alkanes of at least 4 members (excludes halogenated alkanes) is 5. The van der Waals surface area contributed by atoms with Crippen LogP contribution in [0.4, 0.5) is 0 Å². The van der Waals surface area contributed by atoms with Crippen molar-refractivity contribution in [1.29, 1.82) is 0 Å². The van der Waals surface area contributed by atoms with Gasteiger partial charge in [-0.1, -0.05) is 39.0 Å². The van der Waals surface area contributed by atoms with E-state index in [2.05, 4.69) is 6.92 Å². The van der Waals surface area contributed by atoms with E-state index in [1.807, 2.05) is 0 Å².